The van der Waals surface area contributed by atoms with Crippen molar-refractivity contribution in [3.63, 3.8) is 0 Å². The van der Waals surface area contributed by atoms with Gasteiger partial charge in [-0.25, -0.2) is 4.79 Å². The fraction of sp³-hybridized carbons (Fsp3) is 0.333. The summed E-state index contributed by atoms with van der Waals surface area (Å²) in [5.74, 6) is -0.787. The van der Waals surface area contributed by atoms with Crippen LogP contribution in [0.1, 0.15) is 23.0 Å². The maximum atomic E-state index is 12.2. The maximum Gasteiger partial charge on any atom is 0.433 e. The van der Waals surface area contributed by atoms with Gasteiger partial charge in [0.1, 0.15) is 5.69 Å². The average Bonchev–Trinajstić information content (AvgIpc) is 2.17. The first-order valence-corrected chi connectivity index (χ1v) is 4.15. The standard InChI is InChI=1S/C9H8F3NO2/c1-2-15-8(14)6-3-4-13-7(5-6)9(10,11)12/h3-5H,2H2,1H3. The van der Waals surface area contributed by atoms with Crippen LogP contribution in [-0.4, -0.2) is 17.6 Å². The molecule has 82 valence electrons. The zero-order valence-electron chi connectivity index (χ0n) is 7.84. The molecule has 0 amide bonds. The minimum atomic E-state index is -4.55. The van der Waals surface area contributed by atoms with E-state index >= 15 is 0 Å². The van der Waals surface area contributed by atoms with Gasteiger partial charge in [-0.1, -0.05) is 0 Å². The molecule has 3 nitrogen and oxygen atoms in total. The largest absolute Gasteiger partial charge is 0.462 e. The van der Waals surface area contributed by atoms with Crippen LogP contribution in [0.2, 0.25) is 0 Å². The number of aromatic nitrogens is 1. The van der Waals surface area contributed by atoms with Crippen LogP contribution >= 0.6 is 0 Å². The van der Waals surface area contributed by atoms with Gasteiger partial charge in [0.15, 0.2) is 0 Å². The molecule has 0 aromatic carbocycles. The lowest BCUT2D eigenvalue weighted by atomic mass is 10.2. The molecule has 0 saturated heterocycles. The fourth-order valence-electron chi connectivity index (χ4n) is 0.927. The minimum absolute atomic E-state index is 0.114. The van der Waals surface area contributed by atoms with E-state index in [1.54, 1.807) is 6.92 Å². The Hall–Kier alpha value is -1.59. The van der Waals surface area contributed by atoms with Crippen LogP contribution in [0.25, 0.3) is 0 Å². The van der Waals surface area contributed by atoms with Gasteiger partial charge < -0.3 is 4.74 Å². The predicted molar refractivity (Wildman–Crippen MR) is 45.2 cm³/mol. The molecule has 0 N–H and O–H groups in total. The highest BCUT2D eigenvalue weighted by molar-refractivity contribution is 5.89. The molecule has 0 aliphatic carbocycles. The van der Waals surface area contributed by atoms with Crippen LogP contribution in [0.3, 0.4) is 0 Å². The van der Waals surface area contributed by atoms with Gasteiger partial charge in [0, 0.05) is 6.20 Å². The van der Waals surface area contributed by atoms with Gasteiger partial charge in [-0.05, 0) is 19.1 Å². The molecule has 6 heteroatoms. The molecule has 0 aliphatic heterocycles. The Balaban J connectivity index is 2.98. The topological polar surface area (TPSA) is 39.2 Å². The normalized spacial score (nSPS) is 11.2. The van der Waals surface area contributed by atoms with Gasteiger partial charge in [-0.2, -0.15) is 13.2 Å². The smallest absolute Gasteiger partial charge is 0.433 e. The van der Waals surface area contributed by atoms with E-state index in [1.807, 2.05) is 0 Å². The number of alkyl halides is 3. The summed E-state index contributed by atoms with van der Waals surface area (Å²) in [6.45, 7) is 1.69. The third-order valence-corrected chi connectivity index (χ3v) is 1.56. The number of nitrogens with zero attached hydrogens (tertiary/aromatic N) is 1. The lowest BCUT2D eigenvalue weighted by Gasteiger charge is -2.06. The average molecular weight is 219 g/mol. The van der Waals surface area contributed by atoms with E-state index in [9.17, 15) is 18.0 Å². The molecule has 1 aromatic rings. The summed E-state index contributed by atoms with van der Waals surface area (Å²) in [5.41, 5.74) is -1.26. The Morgan fingerprint density at radius 2 is 2.20 bits per heavy atom. The van der Waals surface area contributed by atoms with Gasteiger partial charge in [0.2, 0.25) is 0 Å². The Kier molecular flexibility index (Phi) is 3.28. The third-order valence-electron chi connectivity index (χ3n) is 1.56. The highest BCUT2D eigenvalue weighted by Gasteiger charge is 2.33. The molecule has 0 aliphatic rings. The van der Waals surface area contributed by atoms with Crippen molar-refractivity contribution in [3.05, 3.63) is 29.6 Å². The molecule has 0 spiro atoms. The highest BCUT2D eigenvalue weighted by atomic mass is 19.4. The van der Waals surface area contributed by atoms with E-state index in [2.05, 4.69) is 9.72 Å². The van der Waals surface area contributed by atoms with E-state index in [4.69, 9.17) is 0 Å². The second kappa shape index (κ2) is 4.29. The summed E-state index contributed by atoms with van der Waals surface area (Å²) in [6.07, 6.45) is -3.63. The number of hydrogen-bond donors (Lipinski definition) is 0. The van der Waals surface area contributed by atoms with Crippen molar-refractivity contribution < 1.29 is 22.7 Å². The van der Waals surface area contributed by atoms with E-state index in [1.165, 1.54) is 6.07 Å². The lowest BCUT2D eigenvalue weighted by Crippen LogP contribution is -2.11. The molecule has 15 heavy (non-hydrogen) atoms. The van der Waals surface area contributed by atoms with Crippen LogP contribution in [0, 0.1) is 0 Å². The fourth-order valence-corrected chi connectivity index (χ4v) is 0.927. The first kappa shape index (κ1) is 11.5. The van der Waals surface area contributed by atoms with Crippen molar-refractivity contribution >= 4 is 5.97 Å². The molecule has 0 radical (unpaired) electrons. The molecular weight excluding hydrogens is 211 g/mol. The quantitative estimate of drug-likeness (QED) is 0.716. The van der Waals surface area contributed by atoms with Gasteiger partial charge in [0.05, 0.1) is 12.2 Å². The Morgan fingerprint density at radius 3 is 2.73 bits per heavy atom. The van der Waals surface area contributed by atoms with E-state index in [0.29, 0.717) is 6.07 Å². The number of esters is 1. The number of halogens is 3. The Labute approximate surface area is 83.9 Å². The first-order valence-electron chi connectivity index (χ1n) is 4.15. The zero-order chi connectivity index (χ0) is 11.5. The molecule has 1 aromatic heterocycles. The molecule has 0 atom stereocenters. The summed E-state index contributed by atoms with van der Waals surface area (Å²) in [6, 6.07) is 1.84. The number of rotatable bonds is 2. The summed E-state index contributed by atoms with van der Waals surface area (Å²) in [4.78, 5) is 14.2. The SMILES string of the molecule is CCOC(=O)c1ccnc(C(F)(F)F)c1. The van der Waals surface area contributed by atoms with E-state index < -0.39 is 17.8 Å². The Bertz CT molecular complexity index is 363. The van der Waals surface area contributed by atoms with E-state index in [0.717, 1.165) is 6.20 Å². The van der Waals surface area contributed by atoms with Crippen LogP contribution < -0.4 is 0 Å². The molecule has 0 fully saturated rings. The second-order valence-electron chi connectivity index (χ2n) is 2.65. The molecule has 0 bridgehead atoms. The van der Waals surface area contributed by atoms with Crippen molar-refractivity contribution in [1.29, 1.82) is 0 Å². The van der Waals surface area contributed by atoms with Gasteiger partial charge in [-0.3, -0.25) is 4.98 Å². The maximum absolute atomic E-state index is 12.2. The summed E-state index contributed by atoms with van der Waals surface area (Å²) in [7, 11) is 0. The zero-order valence-corrected chi connectivity index (χ0v) is 7.84. The van der Waals surface area contributed by atoms with Crippen LogP contribution in [-0.2, 0) is 10.9 Å². The van der Waals surface area contributed by atoms with Crippen molar-refractivity contribution in [1.82, 2.24) is 4.98 Å². The molecule has 0 saturated carbocycles. The molecule has 0 unspecified atom stereocenters. The number of ether oxygens (including phenoxy) is 1. The van der Waals surface area contributed by atoms with Crippen molar-refractivity contribution in [2.24, 2.45) is 0 Å². The van der Waals surface area contributed by atoms with Crippen LogP contribution in [0.5, 0.6) is 0 Å². The first-order chi connectivity index (χ1) is 6.95. The van der Waals surface area contributed by atoms with Gasteiger partial charge in [0.25, 0.3) is 0 Å². The monoisotopic (exact) mass is 219 g/mol. The third kappa shape index (κ3) is 2.93. The van der Waals surface area contributed by atoms with Crippen LogP contribution in [0.15, 0.2) is 18.3 Å². The molecule has 1 heterocycles. The van der Waals surface area contributed by atoms with Crippen LogP contribution in [0.4, 0.5) is 13.2 Å². The van der Waals surface area contributed by atoms with Crippen molar-refractivity contribution in [2.75, 3.05) is 6.61 Å². The predicted octanol–water partition coefficient (Wildman–Crippen LogP) is 2.28. The number of carbonyl (C=O) groups excluding carboxylic acids is 1. The molecular formula is C9H8F3NO2. The number of carbonyl (C=O) groups is 1. The Morgan fingerprint density at radius 1 is 1.53 bits per heavy atom. The van der Waals surface area contributed by atoms with E-state index in [-0.39, 0.29) is 12.2 Å². The molecule has 1 rings (SSSR count). The van der Waals surface area contributed by atoms with Crippen molar-refractivity contribution in [3.8, 4) is 0 Å². The van der Waals surface area contributed by atoms with Gasteiger partial charge in [-0.15, -0.1) is 0 Å². The number of hydrogen-bond acceptors (Lipinski definition) is 3. The van der Waals surface area contributed by atoms with Crippen molar-refractivity contribution in [2.45, 2.75) is 13.1 Å². The second-order valence-corrected chi connectivity index (χ2v) is 2.65. The summed E-state index contributed by atoms with van der Waals surface area (Å²) in [5, 5.41) is 0. The summed E-state index contributed by atoms with van der Waals surface area (Å²) < 4.78 is 41.2. The highest BCUT2D eigenvalue weighted by Crippen LogP contribution is 2.27. The van der Waals surface area contributed by atoms with Gasteiger partial charge >= 0.3 is 12.1 Å². The number of pyridine rings is 1. The minimum Gasteiger partial charge on any atom is -0.462 e. The summed E-state index contributed by atoms with van der Waals surface area (Å²) >= 11 is 0. The lowest BCUT2D eigenvalue weighted by molar-refractivity contribution is -0.141.